The van der Waals surface area contributed by atoms with E-state index in [-0.39, 0.29) is 6.10 Å². The monoisotopic (exact) mass is 334 g/mol. The summed E-state index contributed by atoms with van der Waals surface area (Å²) in [5, 5.41) is 0. The maximum absolute atomic E-state index is 6.73. The van der Waals surface area contributed by atoms with Crippen LogP contribution >= 0.6 is 8.45 Å². The van der Waals surface area contributed by atoms with E-state index in [4.69, 9.17) is 4.52 Å². The van der Waals surface area contributed by atoms with Crippen molar-refractivity contribution in [3.63, 3.8) is 0 Å². The van der Waals surface area contributed by atoms with Gasteiger partial charge >= 0.3 is 0 Å². The molecule has 3 rings (SSSR count). The molecule has 0 spiro atoms. The predicted octanol–water partition coefficient (Wildman–Crippen LogP) is 5.35. The third kappa shape index (κ3) is 3.79. The van der Waals surface area contributed by atoms with E-state index < -0.39 is 8.45 Å². The van der Waals surface area contributed by atoms with Crippen molar-refractivity contribution in [1.82, 2.24) is 9.34 Å². The van der Waals surface area contributed by atoms with Crippen molar-refractivity contribution in [2.45, 2.75) is 70.1 Å². The lowest BCUT2D eigenvalue weighted by molar-refractivity contribution is 0.189. The Morgan fingerprint density at radius 1 is 1.09 bits per heavy atom. The van der Waals surface area contributed by atoms with Crippen LogP contribution < -0.4 is 0 Å². The van der Waals surface area contributed by atoms with E-state index >= 15 is 0 Å². The number of likely N-dealkylation sites (N-methyl/N-ethyl adjacent to an activating group) is 2. The van der Waals surface area contributed by atoms with Gasteiger partial charge in [-0.3, -0.25) is 0 Å². The van der Waals surface area contributed by atoms with Crippen molar-refractivity contribution >= 4 is 8.45 Å². The first-order chi connectivity index (χ1) is 11.2. The van der Waals surface area contributed by atoms with Gasteiger partial charge in [-0.1, -0.05) is 62.9 Å². The number of fused-ring (bicyclic) bond motifs is 1. The highest BCUT2D eigenvalue weighted by molar-refractivity contribution is 7.47. The number of hydrogen-bond acceptors (Lipinski definition) is 3. The van der Waals surface area contributed by atoms with Crippen molar-refractivity contribution in [3.05, 3.63) is 35.9 Å². The highest BCUT2D eigenvalue weighted by atomic mass is 31.2. The summed E-state index contributed by atoms with van der Waals surface area (Å²) in [6.45, 7) is 2.26. The SMILES string of the molecule is CCCC[C@@H](OP1N(C)[C@@H]2CCCC[C@H]2N1C)c1ccccc1. The Kier molecular flexibility index (Phi) is 6.09. The molecule has 1 saturated heterocycles. The molecule has 4 heteroatoms. The number of benzene rings is 1. The summed E-state index contributed by atoms with van der Waals surface area (Å²) >= 11 is 0. The zero-order valence-corrected chi connectivity index (χ0v) is 15.7. The predicted molar refractivity (Wildman–Crippen MR) is 98.3 cm³/mol. The van der Waals surface area contributed by atoms with Crippen molar-refractivity contribution in [1.29, 1.82) is 0 Å². The van der Waals surface area contributed by atoms with Crippen LogP contribution in [0.1, 0.15) is 63.5 Å². The van der Waals surface area contributed by atoms with Gasteiger partial charge in [-0.25, -0.2) is 9.34 Å². The van der Waals surface area contributed by atoms with Crippen LogP contribution in [0.25, 0.3) is 0 Å². The molecule has 3 atom stereocenters. The van der Waals surface area contributed by atoms with Gasteiger partial charge < -0.3 is 4.52 Å². The van der Waals surface area contributed by atoms with Crippen LogP contribution in [0.4, 0.5) is 0 Å². The van der Waals surface area contributed by atoms with Crippen molar-refractivity contribution < 1.29 is 4.52 Å². The van der Waals surface area contributed by atoms with Crippen molar-refractivity contribution in [3.8, 4) is 0 Å². The zero-order valence-electron chi connectivity index (χ0n) is 14.8. The number of nitrogens with zero attached hydrogens (tertiary/aromatic N) is 2. The van der Waals surface area contributed by atoms with E-state index in [1.807, 2.05) is 0 Å². The largest absolute Gasteiger partial charge is 0.323 e. The first kappa shape index (κ1) is 17.4. The second kappa shape index (κ2) is 8.07. The summed E-state index contributed by atoms with van der Waals surface area (Å²) in [6.07, 6.45) is 9.21. The molecule has 2 fully saturated rings. The molecule has 0 unspecified atom stereocenters. The van der Waals surface area contributed by atoms with Gasteiger partial charge in [0.1, 0.15) is 0 Å². The minimum Gasteiger partial charge on any atom is -0.323 e. The molecule has 1 saturated carbocycles. The lowest BCUT2D eigenvalue weighted by Gasteiger charge is -2.30. The molecule has 1 heterocycles. The Labute approximate surface area is 142 Å². The maximum Gasteiger partial charge on any atom is 0.188 e. The molecule has 2 aliphatic rings. The molecule has 0 bridgehead atoms. The molecule has 1 aliphatic carbocycles. The molecule has 1 aromatic carbocycles. The average molecular weight is 334 g/mol. The van der Waals surface area contributed by atoms with Gasteiger partial charge in [0, 0.05) is 12.1 Å². The highest BCUT2D eigenvalue weighted by Crippen LogP contribution is 2.58. The highest BCUT2D eigenvalue weighted by Gasteiger charge is 2.46. The van der Waals surface area contributed by atoms with Gasteiger partial charge in [0.25, 0.3) is 0 Å². The summed E-state index contributed by atoms with van der Waals surface area (Å²) in [7, 11) is 3.92. The Morgan fingerprint density at radius 2 is 1.70 bits per heavy atom. The molecule has 1 aromatic rings. The fourth-order valence-electron chi connectivity index (χ4n) is 4.04. The number of hydrogen-bond donors (Lipinski definition) is 0. The van der Waals surface area contributed by atoms with Crippen molar-refractivity contribution in [2.75, 3.05) is 14.1 Å². The third-order valence-electron chi connectivity index (χ3n) is 5.41. The Bertz CT molecular complexity index is 466. The number of unbranched alkanes of at least 4 members (excludes halogenated alkanes) is 1. The second-order valence-corrected chi connectivity index (χ2v) is 8.94. The number of rotatable bonds is 6. The lowest BCUT2D eigenvalue weighted by Crippen LogP contribution is -2.37. The maximum atomic E-state index is 6.73. The van der Waals surface area contributed by atoms with E-state index in [0.717, 1.165) is 6.42 Å². The minimum absolute atomic E-state index is 0.229. The molecule has 0 aromatic heterocycles. The van der Waals surface area contributed by atoms with Crippen LogP contribution in [0, 0.1) is 0 Å². The topological polar surface area (TPSA) is 15.7 Å². The second-order valence-electron chi connectivity index (χ2n) is 6.97. The molecular weight excluding hydrogens is 303 g/mol. The molecule has 0 amide bonds. The average Bonchev–Trinajstić information content (AvgIpc) is 2.84. The molecule has 3 nitrogen and oxygen atoms in total. The standard InChI is InChI=1S/C19H31N2OP/c1-4-5-15-19(16-11-7-6-8-12-16)22-23-20(2)17-13-9-10-14-18(17)21(23)3/h6-8,11-12,17-19H,4-5,9-10,13-15H2,1-3H3/t17-,18-,19-/m1/s1. The van der Waals surface area contributed by atoms with Crippen LogP contribution in [-0.2, 0) is 4.52 Å². The van der Waals surface area contributed by atoms with Crippen LogP contribution in [-0.4, -0.2) is 35.5 Å². The van der Waals surface area contributed by atoms with Gasteiger partial charge in [0.05, 0.1) is 6.10 Å². The first-order valence-corrected chi connectivity index (χ1v) is 10.4. The summed E-state index contributed by atoms with van der Waals surface area (Å²) in [4.78, 5) is 0. The van der Waals surface area contributed by atoms with Gasteiger partial charge in [-0.2, -0.15) is 0 Å². The molecule has 0 radical (unpaired) electrons. The fraction of sp³-hybridized carbons (Fsp3) is 0.684. The van der Waals surface area contributed by atoms with Crippen LogP contribution in [0.5, 0.6) is 0 Å². The molecular formula is C19H31N2OP. The van der Waals surface area contributed by atoms with Crippen LogP contribution in [0.2, 0.25) is 0 Å². The Balaban J connectivity index is 1.73. The lowest BCUT2D eigenvalue weighted by atomic mass is 9.91. The van der Waals surface area contributed by atoms with Gasteiger partial charge in [-0.15, -0.1) is 0 Å². The summed E-state index contributed by atoms with van der Waals surface area (Å²) in [5.74, 6) is 0. The summed E-state index contributed by atoms with van der Waals surface area (Å²) < 4.78 is 11.8. The van der Waals surface area contributed by atoms with Gasteiger partial charge in [0.2, 0.25) is 0 Å². The van der Waals surface area contributed by atoms with Gasteiger partial charge in [0.15, 0.2) is 8.45 Å². The normalized spacial score (nSPS) is 28.0. The minimum atomic E-state index is -0.631. The zero-order chi connectivity index (χ0) is 16.2. The van der Waals surface area contributed by atoms with Crippen LogP contribution in [0.15, 0.2) is 30.3 Å². The fourth-order valence-corrected chi connectivity index (χ4v) is 6.28. The molecule has 0 N–H and O–H groups in total. The first-order valence-electron chi connectivity index (χ1n) is 9.19. The molecule has 23 heavy (non-hydrogen) atoms. The Morgan fingerprint density at radius 3 is 2.26 bits per heavy atom. The summed E-state index contributed by atoms with van der Waals surface area (Å²) in [5.41, 5.74) is 1.33. The van der Waals surface area contributed by atoms with E-state index in [1.54, 1.807) is 0 Å². The molecule has 128 valence electrons. The van der Waals surface area contributed by atoms with Crippen molar-refractivity contribution in [2.24, 2.45) is 0 Å². The quantitative estimate of drug-likeness (QED) is 0.652. The van der Waals surface area contributed by atoms with E-state index in [2.05, 4.69) is 60.7 Å². The van der Waals surface area contributed by atoms with E-state index in [9.17, 15) is 0 Å². The summed E-state index contributed by atoms with van der Waals surface area (Å²) in [6, 6.07) is 12.2. The van der Waals surface area contributed by atoms with Gasteiger partial charge in [-0.05, 0) is 38.9 Å². The Hall–Kier alpha value is -0.470. The smallest absolute Gasteiger partial charge is 0.188 e. The van der Waals surface area contributed by atoms with E-state index in [1.165, 1.54) is 44.1 Å². The van der Waals surface area contributed by atoms with Crippen LogP contribution in [0.3, 0.4) is 0 Å². The third-order valence-corrected chi connectivity index (χ3v) is 7.52. The molecule has 1 aliphatic heterocycles. The van der Waals surface area contributed by atoms with E-state index in [0.29, 0.717) is 12.1 Å².